The quantitative estimate of drug-likeness (QED) is 0.838. The molecule has 0 saturated carbocycles. The molecule has 1 aromatic rings. The van der Waals surface area contributed by atoms with E-state index in [9.17, 15) is 0 Å². The molecule has 0 atom stereocenters. The van der Waals surface area contributed by atoms with Crippen molar-refractivity contribution in [2.75, 3.05) is 14.2 Å². The van der Waals surface area contributed by atoms with Crippen LogP contribution in [0.2, 0.25) is 0 Å². The molecule has 0 aliphatic carbocycles. The second-order valence-corrected chi connectivity index (χ2v) is 4.29. The molecule has 3 heteroatoms. The van der Waals surface area contributed by atoms with Crippen LogP contribution in [0.5, 0.6) is 11.5 Å². The number of ether oxygens (including phenoxy) is 2. The van der Waals surface area contributed by atoms with Gasteiger partial charge in [-0.3, -0.25) is 0 Å². The minimum atomic E-state index is 0.797. The maximum absolute atomic E-state index is 6.15. The van der Waals surface area contributed by atoms with E-state index in [0.717, 1.165) is 47.6 Å². The molecule has 18 heavy (non-hydrogen) atoms. The molecule has 0 radical (unpaired) electrons. The number of unbranched alkanes of at least 4 members (excludes halogenated alkanes) is 1. The molecular formula is C15H23NO2. The first-order chi connectivity index (χ1) is 8.65. The Morgan fingerprint density at radius 3 is 2.17 bits per heavy atom. The molecule has 0 saturated heterocycles. The van der Waals surface area contributed by atoms with Crippen LogP contribution in [0.1, 0.15) is 38.7 Å². The zero-order valence-electron chi connectivity index (χ0n) is 11.7. The summed E-state index contributed by atoms with van der Waals surface area (Å²) in [4.78, 5) is 0. The Morgan fingerprint density at radius 1 is 1.17 bits per heavy atom. The number of allylic oxidation sites excluding steroid dienone is 2. The van der Waals surface area contributed by atoms with Gasteiger partial charge in [-0.1, -0.05) is 19.4 Å². The summed E-state index contributed by atoms with van der Waals surface area (Å²) >= 11 is 0. The summed E-state index contributed by atoms with van der Waals surface area (Å²) in [6.45, 7) is 4.18. The average Bonchev–Trinajstić information content (AvgIpc) is 2.42. The van der Waals surface area contributed by atoms with Gasteiger partial charge in [-0.15, -0.1) is 0 Å². The van der Waals surface area contributed by atoms with E-state index in [0.29, 0.717) is 0 Å². The van der Waals surface area contributed by atoms with Crippen LogP contribution in [-0.2, 0) is 0 Å². The van der Waals surface area contributed by atoms with Crippen molar-refractivity contribution < 1.29 is 9.47 Å². The van der Waals surface area contributed by atoms with Crippen LogP contribution in [0.3, 0.4) is 0 Å². The zero-order valence-corrected chi connectivity index (χ0v) is 11.7. The predicted octanol–water partition coefficient (Wildman–Crippen LogP) is 3.58. The Hall–Kier alpha value is -1.64. The molecule has 0 heterocycles. The van der Waals surface area contributed by atoms with Gasteiger partial charge in [-0.05, 0) is 37.5 Å². The molecule has 0 bridgehead atoms. The molecule has 1 rings (SSSR count). The highest BCUT2D eigenvalue weighted by Crippen LogP contribution is 2.35. The first-order valence-electron chi connectivity index (χ1n) is 6.32. The van der Waals surface area contributed by atoms with Crippen LogP contribution in [0.15, 0.2) is 23.9 Å². The van der Waals surface area contributed by atoms with Crippen molar-refractivity contribution in [3.63, 3.8) is 0 Å². The lowest BCUT2D eigenvalue weighted by atomic mass is 10.0. The van der Waals surface area contributed by atoms with E-state index in [-0.39, 0.29) is 0 Å². The fraction of sp³-hybridized carbons (Fsp3) is 0.467. The van der Waals surface area contributed by atoms with Crippen LogP contribution in [0, 0.1) is 0 Å². The standard InChI is InChI=1S/C15H23NO2/c1-5-6-8-12(16)11(2)15-13(17-3)9-7-10-14(15)18-4/h7,9-10H,5-6,8,16H2,1-4H3. The van der Waals surface area contributed by atoms with E-state index in [1.165, 1.54) is 0 Å². The van der Waals surface area contributed by atoms with Crippen molar-refractivity contribution >= 4 is 5.57 Å². The highest BCUT2D eigenvalue weighted by atomic mass is 16.5. The molecule has 100 valence electrons. The summed E-state index contributed by atoms with van der Waals surface area (Å²) in [5.74, 6) is 1.59. The number of hydrogen-bond acceptors (Lipinski definition) is 3. The predicted molar refractivity (Wildman–Crippen MR) is 75.9 cm³/mol. The van der Waals surface area contributed by atoms with Crippen molar-refractivity contribution in [3.8, 4) is 11.5 Å². The summed E-state index contributed by atoms with van der Waals surface area (Å²) in [5.41, 5.74) is 9.05. The molecule has 0 unspecified atom stereocenters. The van der Waals surface area contributed by atoms with Crippen molar-refractivity contribution in [3.05, 3.63) is 29.5 Å². The van der Waals surface area contributed by atoms with Gasteiger partial charge in [-0.25, -0.2) is 0 Å². The fourth-order valence-electron chi connectivity index (χ4n) is 1.94. The van der Waals surface area contributed by atoms with Gasteiger partial charge in [0, 0.05) is 5.70 Å². The second kappa shape index (κ2) is 6.94. The molecule has 0 amide bonds. The first-order valence-corrected chi connectivity index (χ1v) is 6.32. The minimum Gasteiger partial charge on any atom is -0.496 e. The zero-order chi connectivity index (χ0) is 13.5. The molecular weight excluding hydrogens is 226 g/mol. The number of benzene rings is 1. The van der Waals surface area contributed by atoms with E-state index in [4.69, 9.17) is 15.2 Å². The number of methoxy groups -OCH3 is 2. The Labute approximate surface area is 110 Å². The Kier molecular flexibility index (Phi) is 5.56. The summed E-state index contributed by atoms with van der Waals surface area (Å²) < 4.78 is 10.8. The highest BCUT2D eigenvalue weighted by molar-refractivity contribution is 5.75. The average molecular weight is 249 g/mol. The molecule has 3 nitrogen and oxygen atoms in total. The van der Waals surface area contributed by atoms with Crippen LogP contribution >= 0.6 is 0 Å². The second-order valence-electron chi connectivity index (χ2n) is 4.29. The lowest BCUT2D eigenvalue weighted by molar-refractivity contribution is 0.392. The van der Waals surface area contributed by atoms with Gasteiger partial charge in [-0.2, -0.15) is 0 Å². The number of hydrogen-bond donors (Lipinski definition) is 1. The SMILES string of the molecule is CCCCC(N)=C(C)c1c(OC)cccc1OC. The van der Waals surface area contributed by atoms with Crippen molar-refractivity contribution in [2.24, 2.45) is 5.73 Å². The fourth-order valence-corrected chi connectivity index (χ4v) is 1.94. The van der Waals surface area contributed by atoms with Crippen LogP contribution < -0.4 is 15.2 Å². The van der Waals surface area contributed by atoms with Gasteiger partial charge in [0.15, 0.2) is 0 Å². The summed E-state index contributed by atoms with van der Waals surface area (Å²) in [6.07, 6.45) is 3.14. The molecule has 2 N–H and O–H groups in total. The van der Waals surface area contributed by atoms with Gasteiger partial charge in [0.05, 0.1) is 19.8 Å². The van der Waals surface area contributed by atoms with Gasteiger partial charge < -0.3 is 15.2 Å². The third-order valence-electron chi connectivity index (χ3n) is 3.08. The van der Waals surface area contributed by atoms with E-state index in [2.05, 4.69) is 6.92 Å². The van der Waals surface area contributed by atoms with Gasteiger partial charge in [0.1, 0.15) is 11.5 Å². The first kappa shape index (κ1) is 14.4. The normalized spacial score (nSPS) is 12.0. The smallest absolute Gasteiger partial charge is 0.130 e. The topological polar surface area (TPSA) is 44.5 Å². The van der Waals surface area contributed by atoms with Crippen molar-refractivity contribution in [1.82, 2.24) is 0 Å². The number of nitrogens with two attached hydrogens (primary N) is 1. The van der Waals surface area contributed by atoms with Gasteiger partial charge in [0.2, 0.25) is 0 Å². The van der Waals surface area contributed by atoms with Crippen LogP contribution in [0.25, 0.3) is 5.57 Å². The van der Waals surface area contributed by atoms with Gasteiger partial charge in [0.25, 0.3) is 0 Å². The van der Waals surface area contributed by atoms with Crippen molar-refractivity contribution in [1.29, 1.82) is 0 Å². The lowest BCUT2D eigenvalue weighted by Crippen LogP contribution is -2.03. The van der Waals surface area contributed by atoms with Crippen LogP contribution in [0.4, 0.5) is 0 Å². The van der Waals surface area contributed by atoms with Crippen molar-refractivity contribution in [2.45, 2.75) is 33.1 Å². The molecule has 0 aromatic heterocycles. The molecule has 0 fully saturated rings. The van der Waals surface area contributed by atoms with E-state index in [1.54, 1.807) is 14.2 Å². The lowest BCUT2D eigenvalue weighted by Gasteiger charge is -2.15. The Morgan fingerprint density at radius 2 is 1.72 bits per heavy atom. The summed E-state index contributed by atoms with van der Waals surface area (Å²) in [6, 6.07) is 5.76. The van der Waals surface area contributed by atoms with E-state index < -0.39 is 0 Å². The van der Waals surface area contributed by atoms with Crippen LogP contribution in [-0.4, -0.2) is 14.2 Å². The molecule has 1 aromatic carbocycles. The summed E-state index contributed by atoms with van der Waals surface area (Å²) in [5, 5.41) is 0. The Balaban J connectivity index is 3.21. The number of rotatable bonds is 6. The monoisotopic (exact) mass is 249 g/mol. The molecule has 0 aliphatic heterocycles. The largest absolute Gasteiger partial charge is 0.496 e. The third kappa shape index (κ3) is 3.19. The molecule has 0 spiro atoms. The Bertz CT molecular complexity index is 402. The highest BCUT2D eigenvalue weighted by Gasteiger charge is 2.13. The van der Waals surface area contributed by atoms with Gasteiger partial charge >= 0.3 is 0 Å². The van der Waals surface area contributed by atoms with E-state index >= 15 is 0 Å². The third-order valence-corrected chi connectivity index (χ3v) is 3.08. The molecule has 0 aliphatic rings. The minimum absolute atomic E-state index is 0.797. The maximum Gasteiger partial charge on any atom is 0.130 e. The maximum atomic E-state index is 6.15. The van der Waals surface area contributed by atoms with E-state index in [1.807, 2.05) is 25.1 Å². The summed E-state index contributed by atoms with van der Waals surface area (Å²) in [7, 11) is 3.32.